The van der Waals surface area contributed by atoms with E-state index >= 15 is 0 Å². The summed E-state index contributed by atoms with van der Waals surface area (Å²) in [5, 5.41) is 6.54. The number of ether oxygens (including phenoxy) is 2. The van der Waals surface area contributed by atoms with Gasteiger partial charge >= 0.3 is 0 Å². The summed E-state index contributed by atoms with van der Waals surface area (Å²) in [7, 11) is 1.64. The van der Waals surface area contributed by atoms with Crippen LogP contribution in [0, 0.1) is 0 Å². The highest BCUT2D eigenvalue weighted by molar-refractivity contribution is 14.0. The Morgan fingerprint density at radius 1 is 1.04 bits per heavy atom. The van der Waals surface area contributed by atoms with Crippen LogP contribution < -0.4 is 20.1 Å². The van der Waals surface area contributed by atoms with Gasteiger partial charge in [-0.2, -0.15) is 0 Å². The molecule has 0 unspecified atom stereocenters. The first-order valence-corrected chi connectivity index (χ1v) is 8.17. The fraction of sp³-hybridized carbons (Fsp3) is 0.316. The lowest BCUT2D eigenvalue weighted by Gasteiger charge is -2.14. The van der Waals surface area contributed by atoms with Gasteiger partial charge < -0.3 is 20.1 Å². The Kier molecular flexibility index (Phi) is 9.76. The normalized spacial score (nSPS) is 10.6. The zero-order chi connectivity index (χ0) is 17.2. The van der Waals surface area contributed by atoms with E-state index in [1.54, 1.807) is 7.11 Å². The van der Waals surface area contributed by atoms with Gasteiger partial charge in [-0.25, -0.2) is 4.99 Å². The van der Waals surface area contributed by atoms with Crippen LogP contribution in [0.3, 0.4) is 0 Å². The predicted octanol–water partition coefficient (Wildman–Crippen LogP) is 4.29. The summed E-state index contributed by atoms with van der Waals surface area (Å²) in [6.07, 6.45) is 0. The number of hydrogen-bond donors (Lipinski definition) is 2. The minimum absolute atomic E-state index is 0. The highest BCUT2D eigenvalue weighted by Gasteiger charge is 2.06. The number of hydrogen-bond acceptors (Lipinski definition) is 3. The van der Waals surface area contributed by atoms with Crippen molar-refractivity contribution in [3.63, 3.8) is 0 Å². The molecule has 0 atom stereocenters. The molecule has 0 aromatic heterocycles. The Bertz CT molecular complexity index is 663. The van der Waals surface area contributed by atoms with E-state index in [1.165, 1.54) is 5.56 Å². The van der Waals surface area contributed by atoms with Gasteiger partial charge in [-0.05, 0) is 31.5 Å². The van der Waals surface area contributed by atoms with Gasteiger partial charge in [-0.15, -0.1) is 24.0 Å². The molecule has 2 aromatic carbocycles. The lowest BCUT2D eigenvalue weighted by atomic mass is 10.2. The second-order valence-electron chi connectivity index (χ2n) is 5.10. The molecule has 0 aliphatic rings. The minimum Gasteiger partial charge on any atom is -0.493 e. The summed E-state index contributed by atoms with van der Waals surface area (Å²) >= 11 is 0. The topological polar surface area (TPSA) is 54.9 Å². The molecule has 0 aliphatic carbocycles. The molecule has 6 heteroatoms. The van der Waals surface area contributed by atoms with E-state index in [4.69, 9.17) is 9.47 Å². The maximum absolute atomic E-state index is 5.54. The minimum atomic E-state index is 0. The summed E-state index contributed by atoms with van der Waals surface area (Å²) in [6.45, 7) is 5.99. The lowest BCUT2D eigenvalue weighted by Crippen LogP contribution is -2.30. The van der Waals surface area contributed by atoms with Crippen LogP contribution in [0.2, 0.25) is 0 Å². The zero-order valence-electron chi connectivity index (χ0n) is 14.9. The third-order valence-electron chi connectivity index (χ3n) is 3.33. The van der Waals surface area contributed by atoms with Crippen LogP contribution in [-0.2, 0) is 6.54 Å². The number of anilines is 1. The standard InChI is InChI=1S/C19H25N3O2.HI/c1-4-20-19(21-14-15-9-7-6-8-10-15)22-16-11-12-17(24-5-2)18(13-16)23-3;/h6-13H,4-5,14H2,1-3H3,(H2,20,21,22);1H. The van der Waals surface area contributed by atoms with Crippen LogP contribution in [0.5, 0.6) is 11.5 Å². The summed E-state index contributed by atoms with van der Waals surface area (Å²) in [6, 6.07) is 15.9. The fourth-order valence-electron chi connectivity index (χ4n) is 2.22. The Labute approximate surface area is 166 Å². The summed E-state index contributed by atoms with van der Waals surface area (Å²) < 4.78 is 10.9. The van der Waals surface area contributed by atoms with Crippen molar-refractivity contribution in [3.8, 4) is 11.5 Å². The highest BCUT2D eigenvalue weighted by atomic mass is 127. The zero-order valence-corrected chi connectivity index (χ0v) is 17.2. The first-order chi connectivity index (χ1) is 11.8. The first-order valence-electron chi connectivity index (χ1n) is 8.17. The van der Waals surface area contributed by atoms with Gasteiger partial charge in [-0.3, -0.25) is 0 Å². The molecule has 0 saturated carbocycles. The van der Waals surface area contributed by atoms with E-state index in [0.717, 1.165) is 23.9 Å². The predicted molar refractivity (Wildman–Crippen MR) is 114 cm³/mol. The van der Waals surface area contributed by atoms with Gasteiger partial charge in [0.05, 0.1) is 20.3 Å². The van der Waals surface area contributed by atoms with E-state index < -0.39 is 0 Å². The molecule has 2 N–H and O–H groups in total. The third kappa shape index (κ3) is 6.81. The molecule has 0 saturated heterocycles. The summed E-state index contributed by atoms with van der Waals surface area (Å²) in [5.74, 6) is 2.16. The number of rotatable bonds is 7. The van der Waals surface area contributed by atoms with E-state index in [1.807, 2.05) is 50.2 Å². The Hall–Kier alpha value is -1.96. The van der Waals surface area contributed by atoms with Crippen LogP contribution in [0.25, 0.3) is 0 Å². The summed E-state index contributed by atoms with van der Waals surface area (Å²) in [5.41, 5.74) is 2.06. The molecule has 0 aliphatic heterocycles. The second kappa shape index (κ2) is 11.6. The average molecular weight is 455 g/mol. The molecule has 0 spiro atoms. The van der Waals surface area contributed by atoms with Crippen LogP contribution >= 0.6 is 24.0 Å². The van der Waals surface area contributed by atoms with Crippen molar-refractivity contribution in [2.75, 3.05) is 25.6 Å². The van der Waals surface area contributed by atoms with E-state index in [0.29, 0.717) is 18.9 Å². The molecule has 0 bridgehead atoms. The van der Waals surface area contributed by atoms with Crippen molar-refractivity contribution in [2.24, 2.45) is 4.99 Å². The first kappa shape index (κ1) is 21.1. The van der Waals surface area contributed by atoms with Gasteiger partial charge in [0.15, 0.2) is 17.5 Å². The second-order valence-corrected chi connectivity index (χ2v) is 5.10. The highest BCUT2D eigenvalue weighted by Crippen LogP contribution is 2.30. The van der Waals surface area contributed by atoms with Crippen molar-refractivity contribution >= 4 is 35.6 Å². The monoisotopic (exact) mass is 455 g/mol. The molecule has 25 heavy (non-hydrogen) atoms. The van der Waals surface area contributed by atoms with Crippen LogP contribution in [0.1, 0.15) is 19.4 Å². The smallest absolute Gasteiger partial charge is 0.196 e. The van der Waals surface area contributed by atoms with Gasteiger partial charge in [0.1, 0.15) is 0 Å². The molecule has 136 valence electrons. The van der Waals surface area contributed by atoms with Crippen LogP contribution in [0.15, 0.2) is 53.5 Å². The SMILES string of the molecule is CCNC(=NCc1ccccc1)Nc1ccc(OCC)c(OC)c1.I. The van der Waals surface area contributed by atoms with E-state index in [9.17, 15) is 0 Å². The number of methoxy groups -OCH3 is 1. The number of nitrogens with zero attached hydrogens (tertiary/aromatic N) is 1. The van der Waals surface area contributed by atoms with Gasteiger partial charge in [-0.1, -0.05) is 30.3 Å². The van der Waals surface area contributed by atoms with E-state index in [-0.39, 0.29) is 24.0 Å². The van der Waals surface area contributed by atoms with Crippen molar-refractivity contribution in [1.29, 1.82) is 0 Å². The molecule has 5 nitrogen and oxygen atoms in total. The largest absolute Gasteiger partial charge is 0.493 e. The quantitative estimate of drug-likeness (QED) is 0.372. The number of guanidine groups is 1. The number of nitrogens with one attached hydrogen (secondary N) is 2. The summed E-state index contributed by atoms with van der Waals surface area (Å²) in [4.78, 5) is 4.62. The number of benzene rings is 2. The molecule has 2 rings (SSSR count). The molecular formula is C19H26IN3O2. The average Bonchev–Trinajstić information content (AvgIpc) is 2.62. The van der Waals surface area contributed by atoms with Crippen LogP contribution in [0.4, 0.5) is 5.69 Å². The van der Waals surface area contributed by atoms with Gasteiger partial charge in [0.25, 0.3) is 0 Å². The van der Waals surface area contributed by atoms with Crippen molar-refractivity contribution < 1.29 is 9.47 Å². The molecular weight excluding hydrogens is 429 g/mol. The molecule has 0 heterocycles. The molecule has 2 aromatic rings. The van der Waals surface area contributed by atoms with E-state index in [2.05, 4.69) is 27.8 Å². The van der Waals surface area contributed by atoms with Crippen molar-refractivity contribution in [1.82, 2.24) is 5.32 Å². The fourth-order valence-corrected chi connectivity index (χ4v) is 2.22. The maximum Gasteiger partial charge on any atom is 0.196 e. The molecule has 0 radical (unpaired) electrons. The Balaban J connectivity index is 0.00000312. The third-order valence-corrected chi connectivity index (χ3v) is 3.33. The van der Waals surface area contributed by atoms with Crippen LogP contribution in [-0.4, -0.2) is 26.2 Å². The van der Waals surface area contributed by atoms with Crippen molar-refractivity contribution in [3.05, 3.63) is 54.1 Å². The van der Waals surface area contributed by atoms with Crippen molar-refractivity contribution in [2.45, 2.75) is 20.4 Å². The number of halogens is 1. The Morgan fingerprint density at radius 2 is 1.80 bits per heavy atom. The van der Waals surface area contributed by atoms with Gasteiger partial charge in [0.2, 0.25) is 0 Å². The lowest BCUT2D eigenvalue weighted by molar-refractivity contribution is 0.311. The van der Waals surface area contributed by atoms with Gasteiger partial charge in [0, 0.05) is 18.3 Å². The maximum atomic E-state index is 5.54. The number of aliphatic imine (C=N–C) groups is 1. The molecule has 0 amide bonds. The molecule has 0 fully saturated rings. The Morgan fingerprint density at radius 3 is 2.44 bits per heavy atom.